The SMILES string of the molecule is COS(=O)(=O)[O-].C[N+](CCO)(CCO)CCO.C[N+](CCO)(CCO)CCO.O=C([O-])C(F)(F)F. The number of rotatable bonds is 13. The van der Waals surface area contributed by atoms with Crippen LogP contribution in [0, 0.1) is 0 Å². The molecule has 0 bridgehead atoms. The molecule has 35 heavy (non-hydrogen) atoms. The van der Waals surface area contributed by atoms with E-state index in [9.17, 15) is 26.1 Å². The number of nitrogens with zero attached hydrogens (tertiary/aromatic N) is 2. The Morgan fingerprint density at radius 1 is 0.743 bits per heavy atom. The van der Waals surface area contributed by atoms with Crippen molar-refractivity contribution in [2.75, 3.05) is 100 Å². The van der Waals surface area contributed by atoms with Gasteiger partial charge in [0.15, 0.2) is 0 Å². The molecule has 0 aromatic rings. The maximum atomic E-state index is 10.5. The van der Waals surface area contributed by atoms with Gasteiger partial charge in [-0.2, -0.15) is 13.2 Å². The molecule has 0 amide bonds. The Morgan fingerprint density at radius 2 is 0.886 bits per heavy atom. The van der Waals surface area contributed by atoms with Gasteiger partial charge in [0.25, 0.3) is 0 Å². The Hall–Kier alpha value is -1.19. The Morgan fingerprint density at radius 3 is 0.943 bits per heavy atom. The minimum atomic E-state index is -5.19. The van der Waals surface area contributed by atoms with E-state index >= 15 is 0 Å². The van der Waals surface area contributed by atoms with Crippen LogP contribution in [0.1, 0.15) is 0 Å². The van der Waals surface area contributed by atoms with Gasteiger partial charge < -0.3 is 54.1 Å². The average Bonchev–Trinajstić information content (AvgIpc) is 2.69. The van der Waals surface area contributed by atoms with Crippen LogP contribution in [0.15, 0.2) is 0 Å². The van der Waals surface area contributed by atoms with Crippen molar-refractivity contribution in [3.05, 3.63) is 0 Å². The van der Waals surface area contributed by atoms with Crippen molar-refractivity contribution in [1.29, 1.82) is 0 Å². The summed E-state index contributed by atoms with van der Waals surface area (Å²) in [5.74, 6) is -3.01. The van der Waals surface area contributed by atoms with Crippen molar-refractivity contribution >= 4 is 16.4 Å². The van der Waals surface area contributed by atoms with Crippen molar-refractivity contribution in [3.63, 3.8) is 0 Å². The van der Waals surface area contributed by atoms with Gasteiger partial charge in [-0.1, -0.05) is 0 Å². The molecule has 0 fully saturated rings. The number of carboxylic acids is 1. The lowest BCUT2D eigenvalue weighted by molar-refractivity contribution is -0.910. The number of aliphatic hydroxyl groups is 6. The Bertz CT molecular complexity index is 552. The van der Waals surface area contributed by atoms with Gasteiger partial charge in [-0.05, 0) is 0 Å². The van der Waals surface area contributed by atoms with Crippen LogP contribution in [0.25, 0.3) is 0 Å². The zero-order valence-corrected chi connectivity index (χ0v) is 20.9. The predicted octanol–water partition coefficient (Wildman–Crippen LogP) is -4.79. The van der Waals surface area contributed by atoms with Crippen LogP contribution in [0.2, 0.25) is 0 Å². The molecule has 0 spiro atoms. The molecule has 0 atom stereocenters. The second kappa shape index (κ2) is 22.0. The first-order valence-electron chi connectivity index (χ1n) is 9.99. The van der Waals surface area contributed by atoms with E-state index in [4.69, 9.17) is 40.5 Å². The normalized spacial score (nSPS) is 11.8. The smallest absolute Gasteiger partial charge is 0.430 e. The van der Waals surface area contributed by atoms with Crippen molar-refractivity contribution in [2.24, 2.45) is 0 Å². The minimum absolute atomic E-state index is 0.0938. The maximum Gasteiger partial charge on any atom is 0.430 e. The third-order valence-electron chi connectivity index (χ3n) is 4.27. The maximum absolute atomic E-state index is 10.5. The summed E-state index contributed by atoms with van der Waals surface area (Å²) in [4.78, 5) is 8.78. The van der Waals surface area contributed by atoms with E-state index < -0.39 is 22.5 Å². The molecule has 0 aliphatic heterocycles. The number of halogens is 3. The lowest BCUT2D eigenvalue weighted by Crippen LogP contribution is -2.49. The Kier molecular flexibility index (Phi) is 25.8. The van der Waals surface area contributed by atoms with E-state index in [-0.39, 0.29) is 39.6 Å². The number of likely N-dealkylation sites (N-methyl/N-ethyl adjacent to an activating group) is 2. The molecule has 0 radical (unpaired) electrons. The molecule has 0 saturated carbocycles. The zero-order valence-electron chi connectivity index (χ0n) is 20.1. The van der Waals surface area contributed by atoms with Crippen LogP contribution in [0.3, 0.4) is 0 Å². The molecule has 14 nitrogen and oxygen atoms in total. The standard InChI is InChI=1S/2C7H18NO3.C2HF3O2.CH4O4S/c2*1-8(2-5-9,3-6-10)4-7-11;3-2(4,5)1(6)7;1-5-6(2,3)4/h2*9-11H,2-7H2,1H3;(H,6,7);1H3,(H,2,3,4)/q2*+1;;/p-2. The molecule has 0 aromatic heterocycles. The van der Waals surface area contributed by atoms with Crippen LogP contribution in [-0.4, -0.2) is 165 Å². The molecule has 6 N–H and O–H groups in total. The van der Waals surface area contributed by atoms with Crippen molar-refractivity contribution < 1.29 is 79.8 Å². The number of carboxylic acid groups (broad SMARTS) is 1. The molecule has 0 aliphatic carbocycles. The highest BCUT2D eigenvalue weighted by Crippen LogP contribution is 2.11. The number of aliphatic carboxylic acids is 1. The van der Waals surface area contributed by atoms with Gasteiger partial charge in [0, 0.05) is 0 Å². The predicted molar refractivity (Wildman–Crippen MR) is 112 cm³/mol. The summed E-state index contributed by atoms with van der Waals surface area (Å²) in [5, 5.41) is 60.8. The molecular formula is C17H39F3N2O12S. The summed E-state index contributed by atoms with van der Waals surface area (Å²) in [6, 6.07) is 0. The van der Waals surface area contributed by atoms with Crippen molar-refractivity contribution in [1.82, 2.24) is 0 Å². The first kappa shape index (κ1) is 41.0. The zero-order chi connectivity index (χ0) is 28.8. The van der Waals surface area contributed by atoms with E-state index in [0.717, 1.165) is 7.11 Å². The summed E-state index contributed by atoms with van der Waals surface area (Å²) in [5.41, 5.74) is 0. The molecule has 18 heteroatoms. The third kappa shape index (κ3) is 30.8. The van der Waals surface area contributed by atoms with E-state index in [1.54, 1.807) is 0 Å². The summed E-state index contributed by atoms with van der Waals surface area (Å²) in [7, 11) is 0.207. The number of quaternary nitrogens is 2. The minimum Gasteiger partial charge on any atom is -0.726 e. The second-order valence-electron chi connectivity index (χ2n) is 7.28. The van der Waals surface area contributed by atoms with Crippen LogP contribution in [0.5, 0.6) is 0 Å². The number of alkyl halides is 3. The van der Waals surface area contributed by atoms with Gasteiger partial charge in [-0.25, -0.2) is 8.42 Å². The summed E-state index contributed by atoms with van der Waals surface area (Å²) in [6.45, 7) is 4.07. The number of hydrogen-bond donors (Lipinski definition) is 6. The molecule has 0 heterocycles. The Balaban J connectivity index is -0.000000189. The summed E-state index contributed by atoms with van der Waals surface area (Å²) in [6.07, 6.45) is -5.19. The molecule has 0 saturated heterocycles. The number of aliphatic hydroxyl groups excluding tert-OH is 6. The monoisotopic (exact) mass is 552 g/mol. The van der Waals surface area contributed by atoms with E-state index in [0.29, 0.717) is 48.2 Å². The van der Waals surface area contributed by atoms with Crippen LogP contribution in [-0.2, 0) is 19.4 Å². The van der Waals surface area contributed by atoms with Crippen LogP contribution < -0.4 is 5.11 Å². The average molecular weight is 553 g/mol. The summed E-state index contributed by atoms with van der Waals surface area (Å²) >= 11 is 0. The van der Waals surface area contributed by atoms with Crippen LogP contribution in [0.4, 0.5) is 13.2 Å². The molecule has 216 valence electrons. The Labute approximate surface area is 203 Å². The topological polar surface area (TPSA) is 228 Å². The fourth-order valence-electron chi connectivity index (χ4n) is 2.12. The van der Waals surface area contributed by atoms with Gasteiger partial charge >= 0.3 is 6.18 Å². The van der Waals surface area contributed by atoms with E-state index in [1.807, 2.05) is 14.1 Å². The molecule has 0 rings (SSSR count). The highest BCUT2D eigenvalue weighted by atomic mass is 32.3. The first-order valence-corrected chi connectivity index (χ1v) is 11.3. The van der Waals surface area contributed by atoms with E-state index in [1.165, 1.54) is 0 Å². The largest absolute Gasteiger partial charge is 0.726 e. The highest BCUT2D eigenvalue weighted by molar-refractivity contribution is 7.80. The number of carbonyl (C=O) groups is 1. The van der Waals surface area contributed by atoms with Crippen molar-refractivity contribution in [3.8, 4) is 0 Å². The van der Waals surface area contributed by atoms with Gasteiger partial charge in [-0.15, -0.1) is 0 Å². The molecule has 0 aromatic carbocycles. The van der Waals surface area contributed by atoms with Gasteiger partial charge in [0.05, 0.1) is 60.8 Å². The van der Waals surface area contributed by atoms with Gasteiger partial charge in [-0.3, -0.25) is 4.18 Å². The quantitative estimate of drug-likeness (QED) is 0.0719. The van der Waals surface area contributed by atoms with Crippen LogP contribution >= 0.6 is 0 Å². The molecule has 0 aliphatic rings. The third-order valence-corrected chi connectivity index (χ3v) is 4.68. The highest BCUT2D eigenvalue weighted by Gasteiger charge is 2.28. The number of hydrogen-bond acceptors (Lipinski definition) is 12. The fourth-order valence-corrected chi connectivity index (χ4v) is 2.12. The van der Waals surface area contributed by atoms with Gasteiger partial charge in [0.1, 0.15) is 45.2 Å². The molecular weight excluding hydrogens is 513 g/mol. The number of carbonyl (C=O) groups excluding carboxylic acids is 1. The van der Waals surface area contributed by atoms with E-state index in [2.05, 4.69) is 4.18 Å². The van der Waals surface area contributed by atoms with Gasteiger partial charge in [0.2, 0.25) is 10.4 Å². The van der Waals surface area contributed by atoms with Crippen molar-refractivity contribution in [2.45, 2.75) is 6.18 Å². The summed E-state index contributed by atoms with van der Waals surface area (Å²) < 4.78 is 63.6. The second-order valence-corrected chi connectivity index (χ2v) is 8.43. The molecule has 0 unspecified atom stereocenters. The lowest BCUT2D eigenvalue weighted by atomic mass is 10.4. The lowest BCUT2D eigenvalue weighted by Gasteiger charge is -2.32. The fraction of sp³-hybridized carbons (Fsp3) is 0.941. The first-order chi connectivity index (χ1) is 15.9.